The Hall–Kier alpha value is -0.290. The molecule has 0 saturated heterocycles. The lowest BCUT2D eigenvalue weighted by atomic mass is 10.0. The summed E-state index contributed by atoms with van der Waals surface area (Å²) >= 11 is 3.53. The Balaban J connectivity index is 1.81. The number of nitrogens with zero attached hydrogens (tertiary/aromatic N) is 2. The van der Waals surface area contributed by atoms with E-state index in [2.05, 4.69) is 33.6 Å². The molecule has 3 nitrogen and oxygen atoms in total. The summed E-state index contributed by atoms with van der Waals surface area (Å²) in [6.07, 6.45) is 7.02. The molecule has 1 aromatic heterocycles. The van der Waals surface area contributed by atoms with Crippen LogP contribution in [0.4, 0.5) is 5.00 Å². The number of nitrogens with one attached hydrogen (secondary N) is 1. The first-order valence-corrected chi connectivity index (χ1v) is 7.89. The van der Waals surface area contributed by atoms with Crippen molar-refractivity contribution in [2.75, 3.05) is 11.9 Å². The minimum Gasteiger partial charge on any atom is -0.374 e. The number of thioether (sulfide) groups is 1. The van der Waals surface area contributed by atoms with Gasteiger partial charge in [-0.3, -0.25) is 0 Å². The zero-order chi connectivity index (χ0) is 11.2. The van der Waals surface area contributed by atoms with Gasteiger partial charge in [0.2, 0.25) is 0 Å². The van der Waals surface area contributed by atoms with Crippen molar-refractivity contribution in [1.82, 2.24) is 9.59 Å². The molecule has 1 saturated carbocycles. The Morgan fingerprint density at radius 1 is 1.38 bits per heavy atom. The Kier molecular flexibility index (Phi) is 4.91. The second-order valence-corrected chi connectivity index (χ2v) is 6.19. The fourth-order valence-corrected chi connectivity index (χ4v) is 4.03. The van der Waals surface area contributed by atoms with Crippen molar-refractivity contribution in [3.05, 3.63) is 5.69 Å². The largest absolute Gasteiger partial charge is 0.374 e. The van der Waals surface area contributed by atoms with E-state index >= 15 is 0 Å². The van der Waals surface area contributed by atoms with Crippen molar-refractivity contribution in [3.63, 3.8) is 0 Å². The van der Waals surface area contributed by atoms with Crippen LogP contribution < -0.4 is 5.32 Å². The summed E-state index contributed by atoms with van der Waals surface area (Å²) in [5.41, 5.74) is 1.14. The van der Waals surface area contributed by atoms with Crippen LogP contribution in [0.5, 0.6) is 0 Å². The van der Waals surface area contributed by atoms with E-state index in [4.69, 9.17) is 0 Å². The van der Waals surface area contributed by atoms with Gasteiger partial charge < -0.3 is 5.32 Å². The molecule has 16 heavy (non-hydrogen) atoms. The summed E-state index contributed by atoms with van der Waals surface area (Å²) in [6.45, 7) is 3.06. The minimum atomic E-state index is 0.852. The van der Waals surface area contributed by atoms with E-state index in [1.807, 2.05) is 0 Å². The molecule has 1 heterocycles. The van der Waals surface area contributed by atoms with Gasteiger partial charge in [-0.1, -0.05) is 23.8 Å². The zero-order valence-corrected chi connectivity index (χ0v) is 11.4. The molecule has 1 N–H and O–H groups in total. The molecule has 2 rings (SSSR count). The monoisotopic (exact) mass is 257 g/mol. The van der Waals surface area contributed by atoms with Gasteiger partial charge in [0.25, 0.3) is 0 Å². The third-order valence-corrected chi connectivity index (χ3v) is 5.01. The molecule has 0 spiro atoms. The van der Waals surface area contributed by atoms with Crippen LogP contribution in [-0.2, 0) is 5.75 Å². The van der Waals surface area contributed by atoms with Crippen LogP contribution in [0.25, 0.3) is 0 Å². The molecule has 0 aromatic carbocycles. The first kappa shape index (κ1) is 12.2. The SMILES string of the molecule is CCNc1snnc1CSC1CCCCC1. The lowest BCUT2D eigenvalue weighted by Gasteiger charge is -2.20. The lowest BCUT2D eigenvalue weighted by molar-refractivity contribution is 0.516. The standard InChI is InChI=1S/C11H19N3S2/c1-2-12-11-10(13-14-16-11)8-15-9-6-4-3-5-7-9/h9,12H,2-8H2,1H3. The number of hydrogen-bond donors (Lipinski definition) is 1. The molecule has 1 aliphatic rings. The van der Waals surface area contributed by atoms with Crippen LogP contribution in [0, 0.1) is 0 Å². The molecular weight excluding hydrogens is 238 g/mol. The third kappa shape index (κ3) is 3.35. The van der Waals surface area contributed by atoms with E-state index in [-0.39, 0.29) is 0 Å². The predicted octanol–water partition coefficient (Wildman–Crippen LogP) is 3.54. The summed E-state index contributed by atoms with van der Waals surface area (Å²) in [4.78, 5) is 0. The second kappa shape index (κ2) is 6.45. The van der Waals surface area contributed by atoms with Crippen LogP contribution in [-0.4, -0.2) is 21.4 Å². The average Bonchev–Trinajstić information content (AvgIpc) is 2.76. The maximum absolute atomic E-state index is 4.20. The first-order chi connectivity index (χ1) is 7.90. The highest BCUT2D eigenvalue weighted by atomic mass is 32.2. The highest BCUT2D eigenvalue weighted by Crippen LogP contribution is 2.32. The van der Waals surface area contributed by atoms with E-state index < -0.39 is 0 Å². The highest BCUT2D eigenvalue weighted by molar-refractivity contribution is 7.99. The Bertz CT molecular complexity index is 308. The van der Waals surface area contributed by atoms with Crippen LogP contribution in [0.1, 0.15) is 44.7 Å². The van der Waals surface area contributed by atoms with Gasteiger partial charge in [-0.2, -0.15) is 11.8 Å². The molecule has 0 aliphatic heterocycles. The molecule has 1 fully saturated rings. The summed E-state index contributed by atoms with van der Waals surface area (Å²) in [5.74, 6) is 1.02. The van der Waals surface area contributed by atoms with Gasteiger partial charge in [0, 0.05) is 29.1 Å². The van der Waals surface area contributed by atoms with Gasteiger partial charge in [-0.05, 0) is 19.8 Å². The van der Waals surface area contributed by atoms with Crippen LogP contribution in [0.3, 0.4) is 0 Å². The molecule has 1 aromatic rings. The van der Waals surface area contributed by atoms with Crippen molar-refractivity contribution >= 4 is 28.3 Å². The molecule has 1 aliphatic carbocycles. The van der Waals surface area contributed by atoms with Gasteiger partial charge in [0.1, 0.15) is 10.7 Å². The molecule has 0 atom stereocenters. The smallest absolute Gasteiger partial charge is 0.134 e. The average molecular weight is 257 g/mol. The van der Waals surface area contributed by atoms with Gasteiger partial charge in [0.05, 0.1) is 0 Å². The number of anilines is 1. The molecule has 90 valence electrons. The summed E-state index contributed by atoms with van der Waals surface area (Å²) < 4.78 is 4.02. The van der Waals surface area contributed by atoms with Crippen molar-refractivity contribution in [2.24, 2.45) is 0 Å². The van der Waals surface area contributed by atoms with Gasteiger partial charge >= 0.3 is 0 Å². The van der Waals surface area contributed by atoms with Gasteiger partial charge in [-0.15, -0.1) is 5.10 Å². The van der Waals surface area contributed by atoms with Gasteiger partial charge in [0.15, 0.2) is 0 Å². The van der Waals surface area contributed by atoms with Crippen molar-refractivity contribution in [3.8, 4) is 0 Å². The topological polar surface area (TPSA) is 37.8 Å². The maximum atomic E-state index is 4.20. The summed E-state index contributed by atoms with van der Waals surface area (Å²) in [5, 5.41) is 9.54. The fraction of sp³-hybridized carbons (Fsp3) is 0.818. The molecule has 0 radical (unpaired) electrons. The van der Waals surface area contributed by atoms with Crippen molar-refractivity contribution in [1.29, 1.82) is 0 Å². The van der Waals surface area contributed by atoms with E-state index in [1.54, 1.807) is 0 Å². The summed E-state index contributed by atoms with van der Waals surface area (Å²) in [7, 11) is 0. The molecule has 0 bridgehead atoms. The highest BCUT2D eigenvalue weighted by Gasteiger charge is 2.15. The first-order valence-electron chi connectivity index (χ1n) is 6.07. The van der Waals surface area contributed by atoms with Crippen LogP contribution in [0.15, 0.2) is 0 Å². The van der Waals surface area contributed by atoms with E-state index in [9.17, 15) is 0 Å². The van der Waals surface area contributed by atoms with E-state index in [1.165, 1.54) is 43.6 Å². The van der Waals surface area contributed by atoms with E-state index in [0.717, 1.165) is 28.2 Å². The Morgan fingerprint density at radius 3 is 2.94 bits per heavy atom. The number of hydrogen-bond acceptors (Lipinski definition) is 5. The lowest BCUT2D eigenvalue weighted by Crippen LogP contribution is -2.08. The Labute approximate surface area is 106 Å². The maximum Gasteiger partial charge on any atom is 0.134 e. The predicted molar refractivity (Wildman–Crippen MR) is 72.2 cm³/mol. The van der Waals surface area contributed by atoms with Crippen molar-refractivity contribution in [2.45, 2.75) is 50.0 Å². The van der Waals surface area contributed by atoms with Crippen LogP contribution >= 0.6 is 23.3 Å². The second-order valence-electron chi connectivity index (χ2n) is 4.15. The fourth-order valence-electron chi connectivity index (χ4n) is 2.03. The van der Waals surface area contributed by atoms with Crippen LogP contribution in [0.2, 0.25) is 0 Å². The van der Waals surface area contributed by atoms with E-state index in [0.29, 0.717) is 0 Å². The molecule has 0 unspecified atom stereocenters. The molecular formula is C11H19N3S2. The zero-order valence-electron chi connectivity index (χ0n) is 9.74. The number of rotatable bonds is 5. The minimum absolute atomic E-state index is 0.852. The Morgan fingerprint density at radius 2 is 2.19 bits per heavy atom. The molecule has 0 amide bonds. The van der Waals surface area contributed by atoms with Gasteiger partial charge in [-0.25, -0.2) is 0 Å². The summed E-state index contributed by atoms with van der Waals surface area (Å²) in [6, 6.07) is 0. The number of aromatic nitrogens is 2. The van der Waals surface area contributed by atoms with Crippen molar-refractivity contribution < 1.29 is 0 Å². The molecule has 5 heteroatoms. The normalized spacial score (nSPS) is 17.6. The third-order valence-electron chi connectivity index (χ3n) is 2.90. The quantitative estimate of drug-likeness (QED) is 0.875.